The van der Waals surface area contributed by atoms with Gasteiger partial charge >= 0.3 is 4.87 Å². The van der Waals surface area contributed by atoms with Crippen LogP contribution in [0.4, 0.5) is 0 Å². The maximum absolute atomic E-state index is 13.3. The zero-order chi connectivity index (χ0) is 29.2. The number of aromatic amines is 1. The van der Waals surface area contributed by atoms with E-state index in [-0.39, 0.29) is 22.7 Å². The molecule has 0 aliphatic rings. The average molecular weight is 579 g/mol. The molecule has 3 aromatic carbocycles. The second-order valence-electron chi connectivity index (χ2n) is 10.2. The van der Waals surface area contributed by atoms with Crippen molar-refractivity contribution in [1.29, 1.82) is 0 Å². The summed E-state index contributed by atoms with van der Waals surface area (Å²) in [6, 6.07) is 18.2. The number of fused-ring (bicyclic) bond motifs is 2. The molecule has 0 fully saturated rings. The number of hydrogen-bond donors (Lipinski definition) is 3. The third kappa shape index (κ3) is 7.95. The second kappa shape index (κ2) is 15.1. The Labute approximate surface area is 245 Å². The third-order valence-electron chi connectivity index (χ3n) is 7.71. The van der Waals surface area contributed by atoms with Crippen molar-refractivity contribution in [3.05, 3.63) is 75.4 Å². The lowest BCUT2D eigenvalue weighted by atomic mass is 10.0. The van der Waals surface area contributed by atoms with E-state index in [9.17, 15) is 14.7 Å². The van der Waals surface area contributed by atoms with Gasteiger partial charge in [-0.05, 0) is 67.4 Å². The summed E-state index contributed by atoms with van der Waals surface area (Å²) in [6.45, 7) is 11.0. The highest BCUT2D eigenvalue weighted by molar-refractivity contribution is 7.16. The molecular formula is C32H42N4O4S. The smallest absolute Gasteiger partial charge is 0.305 e. The molecule has 1 atom stereocenters. The number of carbonyl (C=O) groups excluding carboxylic acids is 1. The molecule has 1 aromatic heterocycles. The first-order chi connectivity index (χ1) is 19.9. The Hall–Kier alpha value is -3.24. The van der Waals surface area contributed by atoms with Crippen LogP contribution in [0.15, 0.2) is 59.4 Å². The van der Waals surface area contributed by atoms with Gasteiger partial charge in [-0.2, -0.15) is 0 Å². The summed E-state index contributed by atoms with van der Waals surface area (Å²) in [5, 5.41) is 16.0. The van der Waals surface area contributed by atoms with Gasteiger partial charge in [-0.3, -0.25) is 14.5 Å². The highest BCUT2D eigenvalue weighted by Crippen LogP contribution is 2.27. The SMILES string of the molecule is CCN(CC)C(C)N(CCNCCc1ccc(O)c2[nH]c(=O)sc12)C(=O)CCOCCc1cccc2ccccc12. The van der Waals surface area contributed by atoms with Crippen molar-refractivity contribution in [2.45, 2.75) is 46.2 Å². The predicted octanol–water partition coefficient (Wildman–Crippen LogP) is 4.75. The number of benzene rings is 3. The molecule has 0 saturated carbocycles. The van der Waals surface area contributed by atoms with Gasteiger partial charge in [-0.25, -0.2) is 0 Å². The summed E-state index contributed by atoms with van der Waals surface area (Å²) in [5.74, 6) is 0.181. The molecule has 1 amide bonds. The molecular weight excluding hydrogens is 536 g/mol. The summed E-state index contributed by atoms with van der Waals surface area (Å²) in [5.41, 5.74) is 2.77. The Kier molecular flexibility index (Phi) is 11.3. The zero-order valence-corrected chi connectivity index (χ0v) is 25.1. The topological polar surface area (TPSA) is 97.9 Å². The molecule has 1 unspecified atom stereocenters. The number of phenols is 1. The molecule has 0 radical (unpaired) electrons. The monoisotopic (exact) mass is 578 g/mol. The number of nitrogens with one attached hydrogen (secondary N) is 2. The number of carbonyl (C=O) groups is 1. The van der Waals surface area contributed by atoms with Gasteiger partial charge in [0.05, 0.1) is 30.5 Å². The number of thiazole rings is 1. The fraction of sp³-hybridized carbons (Fsp3) is 0.438. The van der Waals surface area contributed by atoms with Crippen LogP contribution < -0.4 is 10.2 Å². The third-order valence-corrected chi connectivity index (χ3v) is 8.67. The lowest BCUT2D eigenvalue weighted by Gasteiger charge is -2.37. The summed E-state index contributed by atoms with van der Waals surface area (Å²) < 4.78 is 6.71. The lowest BCUT2D eigenvalue weighted by Crippen LogP contribution is -2.51. The minimum atomic E-state index is -0.173. The highest BCUT2D eigenvalue weighted by Gasteiger charge is 2.23. The number of ether oxygens (including phenoxy) is 1. The Morgan fingerprint density at radius 3 is 2.59 bits per heavy atom. The van der Waals surface area contributed by atoms with E-state index in [2.05, 4.69) is 78.4 Å². The molecule has 0 spiro atoms. The quantitative estimate of drug-likeness (QED) is 0.131. The molecule has 0 aliphatic carbocycles. The van der Waals surface area contributed by atoms with Crippen molar-refractivity contribution in [3.8, 4) is 5.75 Å². The fourth-order valence-electron chi connectivity index (χ4n) is 5.38. The summed E-state index contributed by atoms with van der Waals surface area (Å²) in [7, 11) is 0. The minimum absolute atomic E-state index is 0.0103. The largest absolute Gasteiger partial charge is 0.506 e. The molecule has 8 nitrogen and oxygen atoms in total. The van der Waals surface area contributed by atoms with Crippen molar-refractivity contribution in [3.63, 3.8) is 0 Å². The normalized spacial score (nSPS) is 12.4. The average Bonchev–Trinajstić information content (AvgIpc) is 3.38. The Balaban J connectivity index is 1.26. The van der Waals surface area contributed by atoms with Gasteiger partial charge in [0.25, 0.3) is 0 Å². The Morgan fingerprint density at radius 1 is 1.00 bits per heavy atom. The zero-order valence-electron chi connectivity index (χ0n) is 24.3. The Morgan fingerprint density at radius 2 is 1.78 bits per heavy atom. The summed E-state index contributed by atoms with van der Waals surface area (Å²) >= 11 is 1.12. The van der Waals surface area contributed by atoms with Crippen molar-refractivity contribution >= 4 is 38.2 Å². The highest BCUT2D eigenvalue weighted by atomic mass is 32.1. The maximum Gasteiger partial charge on any atom is 0.305 e. The number of rotatable bonds is 16. The first-order valence-electron chi connectivity index (χ1n) is 14.5. The number of amides is 1. The van der Waals surface area contributed by atoms with Crippen molar-refractivity contribution < 1.29 is 14.6 Å². The van der Waals surface area contributed by atoms with E-state index in [0.717, 1.165) is 41.1 Å². The van der Waals surface area contributed by atoms with E-state index >= 15 is 0 Å². The number of nitrogens with zero attached hydrogens (tertiary/aromatic N) is 2. The van der Waals surface area contributed by atoms with Gasteiger partial charge in [0.15, 0.2) is 0 Å². The van der Waals surface area contributed by atoms with E-state index in [1.54, 1.807) is 6.07 Å². The van der Waals surface area contributed by atoms with Crippen molar-refractivity contribution in [2.75, 3.05) is 45.9 Å². The molecule has 4 aromatic rings. The number of H-pyrrole nitrogens is 1. The number of phenolic OH excluding ortho intramolecular Hbond substituents is 1. The van der Waals surface area contributed by atoms with Gasteiger partial charge in [-0.15, -0.1) is 0 Å². The molecule has 1 heterocycles. The van der Waals surface area contributed by atoms with E-state index in [1.165, 1.54) is 16.3 Å². The first-order valence-corrected chi connectivity index (χ1v) is 15.4. The second-order valence-corrected chi connectivity index (χ2v) is 11.1. The lowest BCUT2D eigenvalue weighted by molar-refractivity contribution is -0.138. The molecule has 41 heavy (non-hydrogen) atoms. The molecule has 0 saturated heterocycles. The van der Waals surface area contributed by atoms with Crippen LogP contribution in [0, 0.1) is 0 Å². The van der Waals surface area contributed by atoms with E-state index in [4.69, 9.17) is 4.74 Å². The predicted molar refractivity (Wildman–Crippen MR) is 168 cm³/mol. The number of aromatic nitrogens is 1. The minimum Gasteiger partial charge on any atom is -0.506 e. The molecule has 220 valence electrons. The van der Waals surface area contributed by atoms with Crippen LogP contribution in [0.5, 0.6) is 5.75 Å². The first kappa shape index (κ1) is 30.7. The van der Waals surface area contributed by atoms with E-state index in [0.29, 0.717) is 51.2 Å². The van der Waals surface area contributed by atoms with Crippen LogP contribution in [0.1, 0.15) is 38.3 Å². The van der Waals surface area contributed by atoms with Crippen molar-refractivity contribution in [2.24, 2.45) is 0 Å². The van der Waals surface area contributed by atoms with Gasteiger partial charge in [0, 0.05) is 13.1 Å². The number of hydrogen-bond acceptors (Lipinski definition) is 7. The van der Waals surface area contributed by atoms with E-state index in [1.807, 2.05) is 11.0 Å². The Bertz CT molecular complexity index is 1470. The fourth-order valence-corrected chi connectivity index (χ4v) is 6.28. The standard InChI is InChI=1S/C32H42N4O4S/c1-4-35(5-2)23(3)36(20-19-33-18-15-26-13-14-28(37)30-31(26)41-32(39)34-30)29(38)17-22-40-21-16-25-11-8-10-24-9-6-7-12-27(24)25/h6-14,23,33,37H,4-5,15-22H2,1-3H3,(H,34,39). The summed E-state index contributed by atoms with van der Waals surface area (Å²) in [4.78, 5) is 31.9. The molecule has 0 bridgehead atoms. The molecule has 0 aliphatic heterocycles. The van der Waals surface area contributed by atoms with Gasteiger partial charge < -0.3 is 25.0 Å². The maximum atomic E-state index is 13.3. The van der Waals surface area contributed by atoms with Crippen LogP contribution >= 0.6 is 11.3 Å². The van der Waals surface area contributed by atoms with Crippen LogP contribution in [-0.2, 0) is 22.4 Å². The van der Waals surface area contributed by atoms with Crippen LogP contribution in [0.3, 0.4) is 0 Å². The van der Waals surface area contributed by atoms with E-state index < -0.39 is 0 Å². The van der Waals surface area contributed by atoms with Crippen LogP contribution in [-0.4, -0.2) is 77.9 Å². The molecule has 3 N–H and O–H groups in total. The van der Waals surface area contributed by atoms with Gasteiger partial charge in [0.1, 0.15) is 11.3 Å². The molecule has 9 heteroatoms. The van der Waals surface area contributed by atoms with Gasteiger partial charge in [0.2, 0.25) is 5.91 Å². The molecule has 4 rings (SSSR count). The van der Waals surface area contributed by atoms with Crippen LogP contribution in [0.25, 0.3) is 21.0 Å². The van der Waals surface area contributed by atoms with Crippen molar-refractivity contribution in [1.82, 2.24) is 20.1 Å². The van der Waals surface area contributed by atoms with Gasteiger partial charge in [-0.1, -0.05) is 73.7 Å². The van der Waals surface area contributed by atoms with Crippen LogP contribution in [0.2, 0.25) is 0 Å². The summed E-state index contributed by atoms with van der Waals surface area (Å²) in [6.07, 6.45) is 1.86. The number of aromatic hydroxyl groups is 1.